The number of aromatic nitrogens is 3. The molecule has 8 nitrogen and oxygen atoms in total. The van der Waals surface area contributed by atoms with Crippen LogP contribution in [0.2, 0.25) is 0 Å². The summed E-state index contributed by atoms with van der Waals surface area (Å²) in [5.74, 6) is -0.0360. The molecule has 4 rings (SSSR count). The van der Waals surface area contributed by atoms with E-state index in [1.165, 1.54) is 0 Å². The lowest BCUT2D eigenvalue weighted by Crippen LogP contribution is -2.25. The minimum Gasteiger partial charge on any atom is -0.360 e. The van der Waals surface area contributed by atoms with Gasteiger partial charge in [-0.1, -0.05) is 18.2 Å². The molecule has 0 radical (unpaired) electrons. The summed E-state index contributed by atoms with van der Waals surface area (Å²) in [6, 6.07) is 8.24. The molecule has 1 aliphatic rings. The van der Waals surface area contributed by atoms with Gasteiger partial charge in [-0.2, -0.15) is 23.1 Å². The summed E-state index contributed by atoms with van der Waals surface area (Å²) in [6.07, 6.45) is 6.67. The fraction of sp³-hybridized carbons (Fsp3) is 0.250. The second-order valence-corrected chi connectivity index (χ2v) is 7.76. The summed E-state index contributed by atoms with van der Waals surface area (Å²) in [6.45, 7) is -0.0172. The van der Waals surface area contributed by atoms with Crippen molar-refractivity contribution in [2.45, 2.75) is 19.0 Å². The number of alkyl halides is 3. The van der Waals surface area contributed by atoms with Crippen LogP contribution in [0.5, 0.6) is 0 Å². The van der Waals surface area contributed by atoms with Crippen LogP contribution in [-0.4, -0.2) is 52.4 Å². The van der Waals surface area contributed by atoms with Crippen LogP contribution < -0.4 is 16.0 Å². The van der Waals surface area contributed by atoms with Crippen LogP contribution in [0.3, 0.4) is 0 Å². The highest BCUT2D eigenvalue weighted by Crippen LogP contribution is 2.24. The zero-order valence-electron chi connectivity index (χ0n) is 18.7. The number of fused-ring (bicyclic) bond motifs is 1. The normalized spacial score (nSPS) is 13.7. The third-order valence-corrected chi connectivity index (χ3v) is 5.09. The Labute approximate surface area is 199 Å². The summed E-state index contributed by atoms with van der Waals surface area (Å²) in [4.78, 5) is 28.3. The number of hydrogen-bond donors (Lipinski definition) is 4. The van der Waals surface area contributed by atoms with Crippen LogP contribution >= 0.6 is 0 Å². The van der Waals surface area contributed by atoms with Gasteiger partial charge in [-0.15, -0.1) is 0 Å². The van der Waals surface area contributed by atoms with E-state index in [0.29, 0.717) is 35.2 Å². The van der Waals surface area contributed by atoms with Crippen molar-refractivity contribution in [1.29, 1.82) is 0 Å². The van der Waals surface area contributed by atoms with Crippen LogP contribution in [0.1, 0.15) is 23.2 Å². The van der Waals surface area contributed by atoms with Gasteiger partial charge in [-0.25, -0.2) is 0 Å². The first-order valence-electron chi connectivity index (χ1n) is 11.0. The Morgan fingerprint density at radius 2 is 1.91 bits per heavy atom. The molecule has 11 heteroatoms. The molecule has 1 amide bonds. The fourth-order valence-corrected chi connectivity index (χ4v) is 3.40. The Hall–Kier alpha value is -4.15. The highest BCUT2D eigenvalue weighted by molar-refractivity contribution is 5.97. The predicted octanol–water partition coefficient (Wildman–Crippen LogP) is 4.75. The van der Waals surface area contributed by atoms with E-state index in [0.717, 1.165) is 18.7 Å². The Morgan fingerprint density at radius 3 is 2.71 bits per heavy atom. The van der Waals surface area contributed by atoms with E-state index in [2.05, 4.69) is 42.0 Å². The number of nitrogens with one attached hydrogen (secondary N) is 4. The molecule has 0 atom stereocenters. The predicted molar refractivity (Wildman–Crippen MR) is 130 cm³/mol. The van der Waals surface area contributed by atoms with E-state index in [-0.39, 0.29) is 17.7 Å². The lowest BCUT2D eigenvalue weighted by molar-refractivity contribution is -0.115. The number of halogens is 3. The van der Waals surface area contributed by atoms with Gasteiger partial charge in [0.2, 0.25) is 5.95 Å². The van der Waals surface area contributed by atoms with Gasteiger partial charge in [0, 0.05) is 42.7 Å². The van der Waals surface area contributed by atoms with E-state index in [1.807, 2.05) is 18.2 Å². The van der Waals surface area contributed by atoms with Crippen molar-refractivity contribution in [3.05, 3.63) is 66.4 Å². The molecule has 0 spiro atoms. The SMILES string of the molecule is O=C(NCCC1=NCCC=CC=C1)c1ccc(Nc2nc(NCC(F)(F)F)c3cc[nH]c3n2)cc1. The van der Waals surface area contributed by atoms with E-state index in [4.69, 9.17) is 0 Å². The number of carbonyl (C=O) groups is 1. The Kier molecular flexibility index (Phi) is 7.44. The molecule has 0 bridgehead atoms. The molecular formula is C24H24F3N7O. The van der Waals surface area contributed by atoms with Crippen molar-refractivity contribution in [2.75, 3.05) is 30.3 Å². The highest BCUT2D eigenvalue weighted by Gasteiger charge is 2.27. The van der Waals surface area contributed by atoms with Crippen molar-refractivity contribution in [1.82, 2.24) is 20.3 Å². The average Bonchev–Trinajstić information content (AvgIpc) is 3.27. The van der Waals surface area contributed by atoms with Crippen LogP contribution in [0.4, 0.5) is 30.6 Å². The van der Waals surface area contributed by atoms with Crippen LogP contribution in [0, 0.1) is 0 Å². The van der Waals surface area contributed by atoms with Crippen LogP contribution in [0.15, 0.2) is 65.8 Å². The highest BCUT2D eigenvalue weighted by atomic mass is 19.4. The third-order valence-electron chi connectivity index (χ3n) is 5.09. The number of aliphatic imine (C=N–C) groups is 1. The molecule has 1 aliphatic heterocycles. The molecule has 182 valence electrons. The molecule has 0 aliphatic carbocycles. The Morgan fingerprint density at radius 1 is 1.09 bits per heavy atom. The maximum absolute atomic E-state index is 12.6. The Bertz CT molecular complexity index is 1260. The van der Waals surface area contributed by atoms with Gasteiger partial charge in [-0.3, -0.25) is 9.79 Å². The fourth-order valence-electron chi connectivity index (χ4n) is 3.40. The number of H-pyrrole nitrogens is 1. The molecule has 35 heavy (non-hydrogen) atoms. The van der Waals surface area contributed by atoms with Crippen molar-refractivity contribution in [2.24, 2.45) is 4.99 Å². The number of benzene rings is 1. The summed E-state index contributed by atoms with van der Waals surface area (Å²) < 4.78 is 37.9. The van der Waals surface area contributed by atoms with Gasteiger partial charge in [0.05, 0.1) is 5.39 Å². The number of rotatable bonds is 8. The van der Waals surface area contributed by atoms with Crippen LogP contribution in [0.25, 0.3) is 11.0 Å². The van der Waals surface area contributed by atoms with Crippen molar-refractivity contribution >= 4 is 40.1 Å². The molecule has 1 aromatic carbocycles. The summed E-state index contributed by atoms with van der Waals surface area (Å²) in [5, 5.41) is 8.60. The summed E-state index contributed by atoms with van der Waals surface area (Å²) >= 11 is 0. The first-order chi connectivity index (χ1) is 16.9. The average molecular weight is 483 g/mol. The van der Waals surface area contributed by atoms with Gasteiger partial charge in [-0.05, 0) is 42.8 Å². The summed E-state index contributed by atoms with van der Waals surface area (Å²) in [7, 11) is 0. The van der Waals surface area contributed by atoms with Crippen molar-refractivity contribution in [3.8, 4) is 0 Å². The van der Waals surface area contributed by atoms with E-state index in [1.54, 1.807) is 36.5 Å². The molecule has 0 fully saturated rings. The maximum Gasteiger partial charge on any atom is 0.405 e. The van der Waals surface area contributed by atoms with Gasteiger partial charge in [0.25, 0.3) is 5.91 Å². The lowest BCUT2D eigenvalue weighted by Gasteiger charge is -2.12. The van der Waals surface area contributed by atoms with Gasteiger partial charge >= 0.3 is 6.18 Å². The monoisotopic (exact) mass is 483 g/mol. The van der Waals surface area contributed by atoms with Gasteiger partial charge in [0.1, 0.15) is 18.0 Å². The van der Waals surface area contributed by atoms with Gasteiger partial charge in [0.15, 0.2) is 0 Å². The number of aromatic amines is 1. The second kappa shape index (κ2) is 10.9. The first-order valence-corrected chi connectivity index (χ1v) is 11.0. The Balaban J connectivity index is 1.36. The van der Waals surface area contributed by atoms with E-state index >= 15 is 0 Å². The maximum atomic E-state index is 12.6. The van der Waals surface area contributed by atoms with E-state index < -0.39 is 12.7 Å². The van der Waals surface area contributed by atoms with E-state index in [9.17, 15) is 18.0 Å². The number of allylic oxidation sites excluding steroid dienone is 3. The van der Waals surface area contributed by atoms with Crippen molar-refractivity contribution < 1.29 is 18.0 Å². The largest absolute Gasteiger partial charge is 0.405 e. The third kappa shape index (κ3) is 6.92. The standard InChI is InChI=1S/C24H24F3N7O/c25-24(26,27)15-31-21-19-11-14-29-20(19)33-23(34-21)32-18-8-6-16(7-9-18)22(35)30-13-10-17-5-3-1-2-4-12-28-17/h1-3,5-9,11,14H,4,10,12-13,15H2,(H,30,35)(H3,29,31,32,33,34). The zero-order chi connectivity index (χ0) is 24.7. The minimum atomic E-state index is -4.38. The molecule has 2 aromatic heterocycles. The first kappa shape index (κ1) is 24.0. The molecule has 3 aromatic rings. The number of hydrogen-bond acceptors (Lipinski definition) is 6. The zero-order valence-corrected chi connectivity index (χ0v) is 18.7. The number of nitrogens with zero attached hydrogens (tertiary/aromatic N) is 3. The van der Waals surface area contributed by atoms with Crippen LogP contribution in [-0.2, 0) is 0 Å². The number of anilines is 3. The minimum absolute atomic E-state index is 0.0619. The molecule has 4 N–H and O–H groups in total. The number of amides is 1. The molecule has 0 saturated heterocycles. The quantitative estimate of drug-likeness (QED) is 0.370. The molecular weight excluding hydrogens is 459 g/mol. The molecule has 3 heterocycles. The molecule has 0 unspecified atom stereocenters. The summed E-state index contributed by atoms with van der Waals surface area (Å²) in [5.41, 5.74) is 2.39. The van der Waals surface area contributed by atoms with Gasteiger partial charge < -0.3 is 20.9 Å². The smallest absolute Gasteiger partial charge is 0.360 e. The topological polar surface area (TPSA) is 107 Å². The second-order valence-electron chi connectivity index (χ2n) is 7.76. The number of carbonyl (C=O) groups excluding carboxylic acids is 1. The molecule has 0 saturated carbocycles. The van der Waals surface area contributed by atoms with Crippen molar-refractivity contribution in [3.63, 3.8) is 0 Å². The lowest BCUT2D eigenvalue weighted by atomic mass is 10.1.